The van der Waals surface area contributed by atoms with Crippen LogP contribution in [0.4, 0.5) is 0 Å². The third kappa shape index (κ3) is 3.64. The molecular formula is C21H23NO3. The standard InChI is InChI=1S/C21H23NO3/c1-17(24)21(18-8-4-2-5-9-18)12-14-22(15-13-21)20(16-23)25-19-10-6-3-7-11-19/h2-11,16,20H,12-15H2,1H3. The lowest BCUT2D eigenvalue weighted by molar-refractivity contribution is -0.128. The SMILES string of the molecule is CC(=O)C1(c2ccccc2)CCN(C(C=O)Oc2ccccc2)CC1. The second kappa shape index (κ2) is 7.62. The third-order valence-electron chi connectivity index (χ3n) is 5.13. The number of benzene rings is 2. The Labute approximate surface area is 148 Å². The molecule has 0 radical (unpaired) electrons. The Hall–Kier alpha value is -2.46. The number of likely N-dealkylation sites (tertiary alicyclic amines) is 1. The molecule has 2 aromatic rings. The van der Waals surface area contributed by atoms with E-state index in [2.05, 4.69) is 0 Å². The minimum absolute atomic E-state index is 0.185. The maximum atomic E-state index is 12.4. The number of hydrogen-bond acceptors (Lipinski definition) is 4. The molecule has 1 aliphatic rings. The molecule has 0 N–H and O–H groups in total. The maximum absolute atomic E-state index is 12.4. The molecule has 1 fully saturated rings. The fourth-order valence-electron chi connectivity index (χ4n) is 3.59. The summed E-state index contributed by atoms with van der Waals surface area (Å²) in [4.78, 5) is 26.0. The molecule has 0 spiro atoms. The van der Waals surface area contributed by atoms with Gasteiger partial charge in [-0.2, -0.15) is 0 Å². The van der Waals surface area contributed by atoms with Gasteiger partial charge < -0.3 is 4.74 Å². The van der Waals surface area contributed by atoms with Crippen LogP contribution in [0.2, 0.25) is 0 Å². The largest absolute Gasteiger partial charge is 0.468 e. The van der Waals surface area contributed by atoms with E-state index in [1.807, 2.05) is 65.6 Å². The summed E-state index contributed by atoms with van der Waals surface area (Å²) in [5.41, 5.74) is 0.603. The van der Waals surface area contributed by atoms with Crippen LogP contribution in [0.25, 0.3) is 0 Å². The minimum Gasteiger partial charge on any atom is -0.468 e. The van der Waals surface area contributed by atoms with E-state index in [0.29, 0.717) is 31.7 Å². The first-order valence-corrected chi connectivity index (χ1v) is 8.63. The van der Waals surface area contributed by atoms with Crippen molar-refractivity contribution in [3.05, 3.63) is 66.2 Å². The average Bonchev–Trinajstić information content (AvgIpc) is 2.67. The van der Waals surface area contributed by atoms with Crippen molar-refractivity contribution in [3.63, 3.8) is 0 Å². The van der Waals surface area contributed by atoms with E-state index in [4.69, 9.17) is 4.74 Å². The molecule has 25 heavy (non-hydrogen) atoms. The number of nitrogens with zero attached hydrogens (tertiary/aromatic N) is 1. The van der Waals surface area contributed by atoms with Gasteiger partial charge in [-0.3, -0.25) is 14.5 Å². The average molecular weight is 337 g/mol. The van der Waals surface area contributed by atoms with Gasteiger partial charge in [-0.1, -0.05) is 48.5 Å². The first-order chi connectivity index (χ1) is 12.2. The van der Waals surface area contributed by atoms with Crippen molar-refractivity contribution in [2.75, 3.05) is 13.1 Å². The summed E-state index contributed by atoms with van der Waals surface area (Å²) in [6.45, 7) is 2.95. The van der Waals surface area contributed by atoms with Crippen LogP contribution in [-0.2, 0) is 15.0 Å². The van der Waals surface area contributed by atoms with Crippen LogP contribution < -0.4 is 4.74 Å². The molecule has 1 saturated heterocycles. The number of Topliss-reactive ketones (excluding diaryl/α,β-unsaturated/α-hetero) is 1. The molecule has 1 aliphatic heterocycles. The van der Waals surface area contributed by atoms with Gasteiger partial charge in [0.25, 0.3) is 0 Å². The smallest absolute Gasteiger partial charge is 0.209 e. The van der Waals surface area contributed by atoms with E-state index in [1.54, 1.807) is 6.92 Å². The number of para-hydroxylation sites is 1. The second-order valence-corrected chi connectivity index (χ2v) is 6.50. The van der Waals surface area contributed by atoms with E-state index in [1.165, 1.54) is 0 Å². The first-order valence-electron chi connectivity index (χ1n) is 8.63. The number of ketones is 1. The lowest BCUT2D eigenvalue weighted by Crippen LogP contribution is -2.51. The van der Waals surface area contributed by atoms with Gasteiger partial charge in [0.1, 0.15) is 11.5 Å². The van der Waals surface area contributed by atoms with Crippen LogP contribution in [0.1, 0.15) is 25.3 Å². The predicted molar refractivity (Wildman–Crippen MR) is 96.5 cm³/mol. The van der Waals surface area contributed by atoms with E-state index in [0.717, 1.165) is 11.8 Å². The molecule has 0 aromatic heterocycles. The summed E-state index contributed by atoms with van der Waals surface area (Å²) in [6.07, 6.45) is 1.59. The van der Waals surface area contributed by atoms with Gasteiger partial charge in [0.15, 0.2) is 6.29 Å². The van der Waals surface area contributed by atoms with Crippen molar-refractivity contribution in [2.45, 2.75) is 31.4 Å². The summed E-state index contributed by atoms with van der Waals surface area (Å²) in [5.74, 6) is 0.857. The highest BCUT2D eigenvalue weighted by molar-refractivity contribution is 5.88. The quantitative estimate of drug-likeness (QED) is 0.760. The molecule has 0 aliphatic carbocycles. The molecule has 0 bridgehead atoms. The Morgan fingerprint density at radius 2 is 1.60 bits per heavy atom. The Morgan fingerprint density at radius 3 is 2.12 bits per heavy atom. The molecule has 3 rings (SSSR count). The molecule has 4 nitrogen and oxygen atoms in total. The summed E-state index contributed by atoms with van der Waals surface area (Å²) in [6, 6.07) is 19.3. The van der Waals surface area contributed by atoms with Crippen molar-refractivity contribution in [2.24, 2.45) is 0 Å². The van der Waals surface area contributed by atoms with Gasteiger partial charge >= 0.3 is 0 Å². The van der Waals surface area contributed by atoms with Gasteiger partial charge in [-0.15, -0.1) is 0 Å². The summed E-state index contributed by atoms with van der Waals surface area (Å²) in [7, 11) is 0. The van der Waals surface area contributed by atoms with E-state index >= 15 is 0 Å². The summed E-state index contributed by atoms with van der Waals surface area (Å²) < 4.78 is 5.81. The molecule has 1 heterocycles. The number of ether oxygens (including phenoxy) is 1. The Morgan fingerprint density at radius 1 is 1.04 bits per heavy atom. The fourth-order valence-corrected chi connectivity index (χ4v) is 3.59. The van der Waals surface area contributed by atoms with E-state index in [-0.39, 0.29) is 5.78 Å². The van der Waals surface area contributed by atoms with E-state index < -0.39 is 11.6 Å². The molecule has 4 heteroatoms. The molecule has 0 amide bonds. The number of hydrogen-bond donors (Lipinski definition) is 0. The van der Waals surface area contributed by atoms with Gasteiger partial charge in [0.05, 0.1) is 5.41 Å². The van der Waals surface area contributed by atoms with E-state index in [9.17, 15) is 9.59 Å². The van der Waals surface area contributed by atoms with Crippen molar-refractivity contribution in [1.29, 1.82) is 0 Å². The highest BCUT2D eigenvalue weighted by Gasteiger charge is 2.41. The Bertz CT molecular complexity index is 706. The van der Waals surface area contributed by atoms with Gasteiger partial charge in [-0.05, 0) is 37.5 Å². The highest BCUT2D eigenvalue weighted by Crippen LogP contribution is 2.37. The van der Waals surface area contributed by atoms with Crippen molar-refractivity contribution >= 4 is 12.1 Å². The molecule has 1 atom stereocenters. The summed E-state index contributed by atoms with van der Waals surface area (Å²) in [5, 5.41) is 0. The maximum Gasteiger partial charge on any atom is 0.209 e. The number of carbonyl (C=O) groups excluding carboxylic acids is 2. The second-order valence-electron chi connectivity index (χ2n) is 6.50. The normalized spacial score (nSPS) is 18.3. The highest BCUT2D eigenvalue weighted by atomic mass is 16.5. The molecular weight excluding hydrogens is 314 g/mol. The Balaban J connectivity index is 1.73. The zero-order valence-electron chi connectivity index (χ0n) is 14.4. The third-order valence-corrected chi connectivity index (χ3v) is 5.13. The van der Waals surface area contributed by atoms with Crippen LogP contribution in [0.15, 0.2) is 60.7 Å². The predicted octanol–water partition coefficient (Wildman–Crippen LogP) is 3.21. The number of aldehydes is 1. The molecule has 2 aromatic carbocycles. The number of rotatable bonds is 6. The summed E-state index contributed by atoms with van der Waals surface area (Å²) >= 11 is 0. The fraction of sp³-hybridized carbons (Fsp3) is 0.333. The van der Waals surface area contributed by atoms with Crippen molar-refractivity contribution in [3.8, 4) is 5.75 Å². The van der Waals surface area contributed by atoms with Crippen LogP contribution in [-0.4, -0.2) is 36.3 Å². The first kappa shape index (κ1) is 17.4. The van der Waals surface area contributed by atoms with Crippen LogP contribution in [0, 0.1) is 0 Å². The zero-order chi connectivity index (χ0) is 17.7. The minimum atomic E-state index is -0.622. The lowest BCUT2D eigenvalue weighted by Gasteiger charge is -2.42. The van der Waals surface area contributed by atoms with Gasteiger partial charge in [0, 0.05) is 13.1 Å². The van der Waals surface area contributed by atoms with Crippen LogP contribution in [0.3, 0.4) is 0 Å². The molecule has 0 saturated carbocycles. The number of piperidine rings is 1. The zero-order valence-corrected chi connectivity index (χ0v) is 14.4. The monoisotopic (exact) mass is 337 g/mol. The van der Waals surface area contributed by atoms with Gasteiger partial charge in [0.2, 0.25) is 6.23 Å². The van der Waals surface area contributed by atoms with Crippen LogP contribution in [0.5, 0.6) is 5.75 Å². The van der Waals surface area contributed by atoms with Crippen LogP contribution >= 0.6 is 0 Å². The Kier molecular flexibility index (Phi) is 5.29. The van der Waals surface area contributed by atoms with Crippen molar-refractivity contribution in [1.82, 2.24) is 4.90 Å². The molecule has 1 unspecified atom stereocenters. The number of carbonyl (C=O) groups is 2. The molecule has 130 valence electrons. The van der Waals surface area contributed by atoms with Gasteiger partial charge in [-0.25, -0.2) is 0 Å². The van der Waals surface area contributed by atoms with Crippen molar-refractivity contribution < 1.29 is 14.3 Å². The topological polar surface area (TPSA) is 46.6 Å². The lowest BCUT2D eigenvalue weighted by atomic mass is 9.70.